The minimum atomic E-state index is -3.54. The molecular formula is C20H32N4O4S2. The molecule has 0 saturated carbocycles. The van der Waals surface area contributed by atoms with Crippen LogP contribution in [0.4, 0.5) is 0 Å². The van der Waals surface area contributed by atoms with Gasteiger partial charge in [-0.2, -0.15) is 0 Å². The van der Waals surface area contributed by atoms with Gasteiger partial charge in [0.15, 0.2) is 0 Å². The first kappa shape index (κ1) is 23.2. The van der Waals surface area contributed by atoms with E-state index in [0.717, 1.165) is 41.3 Å². The Hall–Kier alpha value is -1.46. The van der Waals surface area contributed by atoms with Crippen LogP contribution in [-0.4, -0.2) is 83.3 Å². The minimum Gasteiger partial charge on any atom is -0.361 e. The first-order valence-corrected chi connectivity index (χ1v) is 13.5. The van der Waals surface area contributed by atoms with Gasteiger partial charge in [0.1, 0.15) is 0 Å². The molecular weight excluding hydrogens is 424 g/mol. The molecule has 2 N–H and O–H groups in total. The van der Waals surface area contributed by atoms with E-state index in [1.165, 1.54) is 25.0 Å². The molecule has 0 bridgehead atoms. The highest BCUT2D eigenvalue weighted by Gasteiger charge is 2.22. The molecule has 168 valence electrons. The molecule has 3 rings (SSSR count). The maximum Gasteiger partial charge on any atom is 0.214 e. The number of fused-ring (bicyclic) bond motifs is 1. The van der Waals surface area contributed by atoms with Crippen LogP contribution in [0.3, 0.4) is 0 Å². The number of rotatable bonds is 9. The van der Waals surface area contributed by atoms with Crippen molar-refractivity contribution in [2.45, 2.75) is 25.2 Å². The lowest BCUT2D eigenvalue weighted by atomic mass is 9.89. The molecule has 0 atom stereocenters. The molecule has 1 aliphatic rings. The fourth-order valence-electron chi connectivity index (χ4n) is 3.89. The van der Waals surface area contributed by atoms with Crippen LogP contribution in [0.15, 0.2) is 24.4 Å². The molecule has 0 radical (unpaired) electrons. The van der Waals surface area contributed by atoms with Gasteiger partial charge in [-0.05, 0) is 75.6 Å². The molecule has 0 spiro atoms. The predicted octanol–water partition coefficient (Wildman–Crippen LogP) is 1.33. The summed E-state index contributed by atoms with van der Waals surface area (Å²) in [6.07, 6.45) is 4.74. The van der Waals surface area contributed by atoms with E-state index in [-0.39, 0.29) is 18.1 Å². The van der Waals surface area contributed by atoms with Crippen LogP contribution in [0, 0.1) is 0 Å². The number of aromatic amines is 1. The lowest BCUT2D eigenvalue weighted by Gasteiger charge is -2.28. The molecule has 1 aromatic carbocycles. The van der Waals surface area contributed by atoms with E-state index < -0.39 is 20.0 Å². The fraction of sp³-hybridized carbons (Fsp3) is 0.600. The molecule has 1 saturated heterocycles. The number of hydrogen-bond acceptors (Lipinski definition) is 5. The van der Waals surface area contributed by atoms with E-state index in [9.17, 15) is 16.8 Å². The molecule has 0 aliphatic carbocycles. The summed E-state index contributed by atoms with van der Waals surface area (Å²) in [5, 5.41) is 1.17. The van der Waals surface area contributed by atoms with E-state index in [2.05, 4.69) is 33.9 Å². The summed E-state index contributed by atoms with van der Waals surface area (Å²) in [5.41, 5.74) is 3.36. The van der Waals surface area contributed by atoms with E-state index in [4.69, 9.17) is 0 Å². The summed E-state index contributed by atoms with van der Waals surface area (Å²) in [6.45, 7) is 2.11. The molecule has 0 unspecified atom stereocenters. The second-order valence-electron chi connectivity index (χ2n) is 8.11. The van der Waals surface area contributed by atoms with Crippen molar-refractivity contribution in [2.75, 3.05) is 52.3 Å². The summed E-state index contributed by atoms with van der Waals surface area (Å²) in [6, 6.07) is 6.07. The highest BCUT2D eigenvalue weighted by molar-refractivity contribution is 7.90. The number of hydrogen-bond donors (Lipinski definition) is 2. The van der Waals surface area contributed by atoms with Crippen LogP contribution < -0.4 is 4.72 Å². The third kappa shape index (κ3) is 5.61. The van der Waals surface area contributed by atoms with E-state index >= 15 is 0 Å². The monoisotopic (exact) mass is 456 g/mol. The summed E-state index contributed by atoms with van der Waals surface area (Å²) in [7, 11) is -2.09. The molecule has 2 aromatic rings. The molecule has 1 aliphatic heterocycles. The quantitative estimate of drug-likeness (QED) is 0.593. The third-order valence-corrected chi connectivity index (χ3v) is 9.24. The van der Waals surface area contributed by atoms with Crippen molar-refractivity contribution in [2.24, 2.45) is 0 Å². The van der Waals surface area contributed by atoms with Gasteiger partial charge in [-0.25, -0.2) is 25.9 Å². The summed E-state index contributed by atoms with van der Waals surface area (Å²) < 4.78 is 51.6. The number of piperidine rings is 1. The normalized spacial score (nSPS) is 17.2. The van der Waals surface area contributed by atoms with Gasteiger partial charge >= 0.3 is 0 Å². The highest BCUT2D eigenvalue weighted by Crippen LogP contribution is 2.33. The Morgan fingerprint density at radius 3 is 2.53 bits per heavy atom. The van der Waals surface area contributed by atoms with Crippen molar-refractivity contribution in [1.82, 2.24) is 18.9 Å². The van der Waals surface area contributed by atoms with E-state index in [1.54, 1.807) is 0 Å². The second kappa shape index (κ2) is 9.35. The fourth-order valence-corrected chi connectivity index (χ4v) is 5.90. The van der Waals surface area contributed by atoms with Crippen LogP contribution in [0.5, 0.6) is 0 Å². The number of nitrogens with zero attached hydrogens (tertiary/aromatic N) is 2. The van der Waals surface area contributed by atoms with E-state index in [0.29, 0.717) is 12.3 Å². The van der Waals surface area contributed by atoms with E-state index in [1.807, 2.05) is 12.1 Å². The molecule has 10 heteroatoms. The Balaban J connectivity index is 1.68. The number of likely N-dealkylation sites (tertiary alicyclic amines) is 1. The number of benzene rings is 1. The maximum atomic E-state index is 12.6. The van der Waals surface area contributed by atoms with Crippen molar-refractivity contribution in [1.29, 1.82) is 0 Å². The summed E-state index contributed by atoms with van der Waals surface area (Å²) in [5.74, 6) is 0.214. The van der Waals surface area contributed by atoms with Gasteiger partial charge in [-0.15, -0.1) is 0 Å². The van der Waals surface area contributed by atoms with Gasteiger partial charge in [-0.3, -0.25) is 0 Å². The van der Waals surface area contributed by atoms with Crippen molar-refractivity contribution in [3.8, 4) is 0 Å². The SMILES string of the molecule is CNS(=O)(=O)CCN(C)S(=O)(=O)CCc1ccc2[nH]cc(C3CCN(C)CC3)c2c1. The average Bonchev–Trinajstić information content (AvgIpc) is 3.14. The first-order chi connectivity index (χ1) is 14.1. The molecule has 8 nitrogen and oxygen atoms in total. The van der Waals surface area contributed by atoms with Crippen LogP contribution in [0.25, 0.3) is 10.9 Å². The average molecular weight is 457 g/mol. The predicted molar refractivity (Wildman–Crippen MR) is 121 cm³/mol. The maximum absolute atomic E-state index is 12.6. The Morgan fingerprint density at radius 1 is 1.17 bits per heavy atom. The zero-order valence-electron chi connectivity index (χ0n) is 17.9. The smallest absolute Gasteiger partial charge is 0.214 e. The lowest BCUT2D eigenvalue weighted by Crippen LogP contribution is -2.36. The van der Waals surface area contributed by atoms with Crippen LogP contribution in [0.1, 0.15) is 29.9 Å². The van der Waals surface area contributed by atoms with Gasteiger partial charge in [0.05, 0.1) is 11.5 Å². The largest absolute Gasteiger partial charge is 0.361 e. The Kier molecular flexibility index (Phi) is 7.24. The Labute approximate surface area is 179 Å². The van der Waals surface area contributed by atoms with Gasteiger partial charge in [0, 0.05) is 30.7 Å². The third-order valence-electron chi connectivity index (χ3n) is 6.05. The minimum absolute atomic E-state index is 0.0530. The summed E-state index contributed by atoms with van der Waals surface area (Å²) >= 11 is 0. The van der Waals surface area contributed by atoms with Crippen LogP contribution in [0.2, 0.25) is 0 Å². The zero-order chi connectivity index (χ0) is 21.9. The molecule has 1 fully saturated rings. The zero-order valence-corrected chi connectivity index (χ0v) is 19.5. The standard InChI is InChI=1S/C20H32N4O4S2/c1-21-29(25,26)13-11-24(3)30(27,28)12-8-16-4-5-20-18(14-16)19(15-22-20)17-6-9-23(2)10-7-17/h4-5,14-15,17,21-22H,6-13H2,1-3H3. The van der Waals surface area contributed by atoms with Gasteiger partial charge in [0.2, 0.25) is 20.0 Å². The second-order valence-corrected chi connectivity index (χ2v) is 12.4. The number of sulfonamides is 2. The van der Waals surface area contributed by atoms with Crippen molar-refractivity contribution < 1.29 is 16.8 Å². The van der Waals surface area contributed by atoms with Crippen LogP contribution in [-0.2, 0) is 26.5 Å². The van der Waals surface area contributed by atoms with Gasteiger partial charge in [0.25, 0.3) is 0 Å². The molecule has 0 amide bonds. The number of aryl methyl sites for hydroxylation is 1. The van der Waals surface area contributed by atoms with Crippen molar-refractivity contribution >= 4 is 30.9 Å². The van der Waals surface area contributed by atoms with Gasteiger partial charge < -0.3 is 9.88 Å². The lowest BCUT2D eigenvalue weighted by molar-refractivity contribution is 0.256. The molecule has 30 heavy (non-hydrogen) atoms. The molecule has 1 aromatic heterocycles. The van der Waals surface area contributed by atoms with Gasteiger partial charge in [-0.1, -0.05) is 6.07 Å². The number of nitrogens with one attached hydrogen (secondary N) is 2. The molecule has 2 heterocycles. The Morgan fingerprint density at radius 2 is 1.87 bits per heavy atom. The van der Waals surface area contributed by atoms with Crippen molar-refractivity contribution in [3.05, 3.63) is 35.5 Å². The first-order valence-electron chi connectivity index (χ1n) is 10.2. The Bertz CT molecular complexity index is 1070. The number of H-pyrrole nitrogens is 1. The topological polar surface area (TPSA) is 103 Å². The van der Waals surface area contributed by atoms with Crippen LogP contribution >= 0.6 is 0 Å². The highest BCUT2D eigenvalue weighted by atomic mass is 32.2. The van der Waals surface area contributed by atoms with Crippen molar-refractivity contribution in [3.63, 3.8) is 0 Å². The number of aromatic nitrogens is 1. The summed E-state index contributed by atoms with van der Waals surface area (Å²) in [4.78, 5) is 5.70.